The average molecular weight is 183 g/mol. The summed E-state index contributed by atoms with van der Waals surface area (Å²) in [6, 6.07) is 0. The van der Waals surface area contributed by atoms with Gasteiger partial charge < -0.3 is 5.32 Å². The molecule has 0 radical (unpaired) electrons. The van der Waals surface area contributed by atoms with E-state index in [1.165, 1.54) is 0 Å². The van der Waals surface area contributed by atoms with E-state index in [1.54, 1.807) is 0 Å². The van der Waals surface area contributed by atoms with Gasteiger partial charge in [0, 0.05) is 13.0 Å². The Morgan fingerprint density at radius 3 is 2.00 bits per heavy atom. The zero-order valence-electron chi connectivity index (χ0n) is 9.40. The molecule has 1 fully saturated rings. The largest absolute Gasteiger partial charge is 0.356 e. The number of rotatable bonds is 3. The minimum absolute atomic E-state index is 0.165. The third-order valence-corrected chi connectivity index (χ3v) is 4.14. The SMILES string of the molecule is CCC(=O)NCC1C(C)(C)C1(C)C. The molecule has 0 spiro atoms. The maximum absolute atomic E-state index is 11.1. The fourth-order valence-electron chi connectivity index (χ4n) is 2.18. The van der Waals surface area contributed by atoms with Gasteiger partial charge in [-0.1, -0.05) is 34.6 Å². The van der Waals surface area contributed by atoms with E-state index in [0.29, 0.717) is 23.2 Å². The second-order valence-electron chi connectivity index (χ2n) is 5.15. The molecule has 0 aromatic carbocycles. The molecule has 0 saturated heterocycles. The summed E-state index contributed by atoms with van der Waals surface area (Å²) in [5.74, 6) is 0.800. The van der Waals surface area contributed by atoms with E-state index in [2.05, 4.69) is 33.0 Å². The molecule has 0 heterocycles. The molecule has 1 amide bonds. The molecule has 0 aromatic heterocycles. The fourth-order valence-corrected chi connectivity index (χ4v) is 2.18. The van der Waals surface area contributed by atoms with Gasteiger partial charge in [0.25, 0.3) is 0 Å². The van der Waals surface area contributed by atoms with Crippen LogP contribution >= 0.6 is 0 Å². The lowest BCUT2D eigenvalue weighted by atomic mass is 10.0. The first-order valence-electron chi connectivity index (χ1n) is 5.10. The zero-order valence-corrected chi connectivity index (χ0v) is 9.40. The second-order valence-corrected chi connectivity index (χ2v) is 5.15. The Morgan fingerprint density at radius 2 is 1.69 bits per heavy atom. The van der Waals surface area contributed by atoms with E-state index < -0.39 is 0 Å². The Hall–Kier alpha value is -0.530. The van der Waals surface area contributed by atoms with Gasteiger partial charge in [0.1, 0.15) is 0 Å². The van der Waals surface area contributed by atoms with Crippen LogP contribution in [0, 0.1) is 16.7 Å². The van der Waals surface area contributed by atoms with Crippen LogP contribution in [0.4, 0.5) is 0 Å². The molecule has 1 aliphatic carbocycles. The van der Waals surface area contributed by atoms with Crippen molar-refractivity contribution in [2.24, 2.45) is 16.7 Å². The van der Waals surface area contributed by atoms with Gasteiger partial charge in [-0.3, -0.25) is 4.79 Å². The van der Waals surface area contributed by atoms with Crippen molar-refractivity contribution in [1.82, 2.24) is 5.32 Å². The highest BCUT2D eigenvalue weighted by Crippen LogP contribution is 2.67. The first-order valence-corrected chi connectivity index (χ1v) is 5.10. The third kappa shape index (κ3) is 1.59. The van der Waals surface area contributed by atoms with Crippen molar-refractivity contribution in [1.29, 1.82) is 0 Å². The standard InChI is InChI=1S/C11H21NO/c1-6-9(13)12-7-8-10(2,3)11(8,4)5/h8H,6-7H2,1-5H3,(H,12,13). The van der Waals surface area contributed by atoms with Crippen molar-refractivity contribution < 1.29 is 4.79 Å². The first-order chi connectivity index (χ1) is 5.84. The Morgan fingerprint density at radius 1 is 1.23 bits per heavy atom. The van der Waals surface area contributed by atoms with E-state index in [4.69, 9.17) is 0 Å². The van der Waals surface area contributed by atoms with E-state index in [0.717, 1.165) is 6.54 Å². The molecule has 0 aromatic rings. The zero-order chi connectivity index (χ0) is 10.3. The average Bonchev–Trinajstić information content (AvgIpc) is 2.40. The van der Waals surface area contributed by atoms with Crippen molar-refractivity contribution in [3.63, 3.8) is 0 Å². The van der Waals surface area contributed by atoms with Gasteiger partial charge in [-0.25, -0.2) is 0 Å². The Labute approximate surface area is 81.1 Å². The van der Waals surface area contributed by atoms with Crippen LogP contribution in [0.25, 0.3) is 0 Å². The van der Waals surface area contributed by atoms with Crippen molar-refractivity contribution in [3.05, 3.63) is 0 Å². The van der Waals surface area contributed by atoms with E-state index in [-0.39, 0.29) is 5.91 Å². The summed E-state index contributed by atoms with van der Waals surface area (Å²) < 4.78 is 0. The fraction of sp³-hybridized carbons (Fsp3) is 0.909. The van der Waals surface area contributed by atoms with Crippen LogP contribution in [0.15, 0.2) is 0 Å². The number of hydrogen-bond donors (Lipinski definition) is 1. The Bertz CT molecular complexity index is 204. The molecular weight excluding hydrogens is 162 g/mol. The molecule has 2 nitrogen and oxygen atoms in total. The van der Waals surface area contributed by atoms with Crippen LogP contribution in [0.1, 0.15) is 41.0 Å². The molecule has 0 unspecified atom stereocenters. The summed E-state index contributed by atoms with van der Waals surface area (Å²) in [5.41, 5.74) is 0.766. The minimum Gasteiger partial charge on any atom is -0.356 e. The maximum Gasteiger partial charge on any atom is 0.219 e. The molecule has 1 aliphatic rings. The van der Waals surface area contributed by atoms with Crippen molar-refractivity contribution in [2.75, 3.05) is 6.54 Å². The predicted molar refractivity (Wildman–Crippen MR) is 54.4 cm³/mol. The number of carbonyl (C=O) groups is 1. The van der Waals surface area contributed by atoms with Crippen LogP contribution < -0.4 is 5.32 Å². The normalized spacial score (nSPS) is 24.1. The molecule has 2 heteroatoms. The number of nitrogens with one attached hydrogen (secondary N) is 1. The topological polar surface area (TPSA) is 29.1 Å². The number of carbonyl (C=O) groups excluding carboxylic acids is 1. The molecular formula is C11H21NO. The van der Waals surface area contributed by atoms with Crippen LogP contribution in [0.5, 0.6) is 0 Å². The second kappa shape index (κ2) is 3.00. The van der Waals surface area contributed by atoms with Crippen molar-refractivity contribution >= 4 is 5.91 Å². The van der Waals surface area contributed by atoms with Crippen LogP contribution in [0.2, 0.25) is 0 Å². The van der Waals surface area contributed by atoms with Gasteiger partial charge in [-0.05, 0) is 16.7 Å². The summed E-state index contributed by atoms with van der Waals surface area (Å²) in [6.45, 7) is 11.8. The molecule has 1 N–H and O–H groups in total. The summed E-state index contributed by atoms with van der Waals surface area (Å²) in [7, 11) is 0. The molecule has 76 valence electrons. The summed E-state index contributed by atoms with van der Waals surface area (Å²) in [6.07, 6.45) is 0.591. The van der Waals surface area contributed by atoms with Crippen molar-refractivity contribution in [2.45, 2.75) is 41.0 Å². The Kier molecular flexibility index (Phi) is 2.44. The quantitative estimate of drug-likeness (QED) is 0.714. The molecule has 0 atom stereocenters. The highest BCUT2D eigenvalue weighted by Gasteiger charge is 2.64. The number of hydrogen-bond acceptors (Lipinski definition) is 1. The lowest BCUT2D eigenvalue weighted by molar-refractivity contribution is -0.120. The van der Waals surface area contributed by atoms with E-state index >= 15 is 0 Å². The van der Waals surface area contributed by atoms with Gasteiger partial charge in [0.15, 0.2) is 0 Å². The summed E-state index contributed by atoms with van der Waals surface area (Å²) >= 11 is 0. The summed E-state index contributed by atoms with van der Waals surface area (Å²) in [5, 5.41) is 2.97. The molecule has 1 rings (SSSR count). The highest BCUT2D eigenvalue weighted by molar-refractivity contribution is 5.75. The monoisotopic (exact) mass is 183 g/mol. The van der Waals surface area contributed by atoms with Gasteiger partial charge in [-0.15, -0.1) is 0 Å². The molecule has 13 heavy (non-hydrogen) atoms. The number of amides is 1. The van der Waals surface area contributed by atoms with Gasteiger partial charge in [0.05, 0.1) is 0 Å². The van der Waals surface area contributed by atoms with E-state index in [9.17, 15) is 4.79 Å². The van der Waals surface area contributed by atoms with Gasteiger partial charge >= 0.3 is 0 Å². The smallest absolute Gasteiger partial charge is 0.219 e. The third-order valence-electron chi connectivity index (χ3n) is 4.14. The van der Waals surface area contributed by atoms with Crippen molar-refractivity contribution in [3.8, 4) is 0 Å². The van der Waals surface area contributed by atoms with Gasteiger partial charge in [0.2, 0.25) is 5.91 Å². The summed E-state index contributed by atoms with van der Waals surface area (Å²) in [4.78, 5) is 11.1. The first kappa shape index (κ1) is 10.6. The lowest BCUT2D eigenvalue weighted by Gasteiger charge is -2.04. The molecule has 0 aliphatic heterocycles. The highest BCUT2D eigenvalue weighted by atomic mass is 16.1. The van der Waals surface area contributed by atoms with Gasteiger partial charge in [-0.2, -0.15) is 0 Å². The minimum atomic E-state index is 0.165. The predicted octanol–water partition coefficient (Wildman–Crippen LogP) is 2.19. The molecule has 1 saturated carbocycles. The Balaban J connectivity index is 2.38. The van der Waals surface area contributed by atoms with Crippen LogP contribution in [-0.2, 0) is 4.79 Å². The van der Waals surface area contributed by atoms with Crippen LogP contribution in [-0.4, -0.2) is 12.5 Å². The molecule has 0 bridgehead atoms. The maximum atomic E-state index is 11.1. The van der Waals surface area contributed by atoms with E-state index in [1.807, 2.05) is 6.92 Å². The lowest BCUT2D eigenvalue weighted by Crippen LogP contribution is -2.26. The van der Waals surface area contributed by atoms with Crippen LogP contribution in [0.3, 0.4) is 0 Å².